The maximum atomic E-state index is 13.4. The summed E-state index contributed by atoms with van der Waals surface area (Å²) in [6, 6.07) is 22.6. The lowest BCUT2D eigenvalue weighted by molar-refractivity contribution is -0.137. The van der Waals surface area contributed by atoms with E-state index < -0.39 is 0 Å². The topological polar surface area (TPSA) is 58.6 Å². The molecule has 3 aromatic carbocycles. The first kappa shape index (κ1) is 20.4. The molecule has 0 unspecified atom stereocenters. The molecule has 2 amide bonds. The van der Waals surface area contributed by atoms with Gasteiger partial charge in [-0.3, -0.25) is 14.5 Å². The summed E-state index contributed by atoms with van der Waals surface area (Å²) in [7, 11) is 1.57. The molecule has 4 rings (SSSR count). The molecule has 3 aromatic rings. The molecule has 0 aliphatic carbocycles. The Kier molecular flexibility index (Phi) is 5.58. The number of benzene rings is 3. The summed E-state index contributed by atoms with van der Waals surface area (Å²) in [5.41, 5.74) is 5.05. The molecule has 1 N–H and O–H groups in total. The van der Waals surface area contributed by atoms with Gasteiger partial charge in [0, 0.05) is 0 Å². The summed E-state index contributed by atoms with van der Waals surface area (Å²) in [6.07, 6.45) is 0. The van der Waals surface area contributed by atoms with E-state index in [0.29, 0.717) is 17.0 Å². The molecule has 0 radical (unpaired) electrons. The second-order valence-electron chi connectivity index (χ2n) is 7.56. The first-order chi connectivity index (χ1) is 15.0. The van der Waals surface area contributed by atoms with E-state index in [1.165, 1.54) is 4.90 Å². The van der Waals surface area contributed by atoms with Gasteiger partial charge in [-0.15, -0.1) is 0 Å². The van der Waals surface area contributed by atoms with E-state index in [9.17, 15) is 9.59 Å². The Labute approximate surface area is 182 Å². The van der Waals surface area contributed by atoms with Gasteiger partial charge >= 0.3 is 0 Å². The van der Waals surface area contributed by atoms with Crippen LogP contribution in [0.4, 0.5) is 5.69 Å². The van der Waals surface area contributed by atoms with Crippen LogP contribution in [0.15, 0.2) is 78.5 Å². The van der Waals surface area contributed by atoms with E-state index in [-0.39, 0.29) is 24.1 Å². The van der Waals surface area contributed by atoms with Gasteiger partial charge < -0.3 is 10.1 Å². The molecule has 0 spiro atoms. The Morgan fingerprint density at radius 3 is 2.26 bits per heavy atom. The van der Waals surface area contributed by atoms with Crippen LogP contribution in [0.1, 0.15) is 22.3 Å². The second kappa shape index (κ2) is 8.48. The molecule has 5 heteroatoms. The zero-order chi connectivity index (χ0) is 22.0. The lowest BCUT2D eigenvalue weighted by atomic mass is 9.99. The van der Waals surface area contributed by atoms with E-state index >= 15 is 0 Å². The molecular weight excluding hydrogens is 388 g/mol. The van der Waals surface area contributed by atoms with Crippen molar-refractivity contribution in [1.29, 1.82) is 0 Å². The molecule has 1 heterocycles. The van der Waals surface area contributed by atoms with Crippen molar-refractivity contribution in [2.45, 2.75) is 20.4 Å². The molecule has 0 bridgehead atoms. The fourth-order valence-corrected chi connectivity index (χ4v) is 3.65. The zero-order valence-electron chi connectivity index (χ0n) is 17.8. The lowest BCUT2D eigenvalue weighted by Crippen LogP contribution is -2.32. The number of aryl methyl sites for hydroxylation is 2. The van der Waals surface area contributed by atoms with Gasteiger partial charge in [0.05, 0.1) is 24.9 Å². The maximum absolute atomic E-state index is 13.4. The molecule has 5 nitrogen and oxygen atoms in total. The molecule has 156 valence electrons. The van der Waals surface area contributed by atoms with Crippen LogP contribution >= 0.6 is 0 Å². The van der Waals surface area contributed by atoms with Gasteiger partial charge in [-0.2, -0.15) is 0 Å². The minimum Gasteiger partial charge on any atom is -0.495 e. The van der Waals surface area contributed by atoms with Crippen molar-refractivity contribution in [3.8, 4) is 5.75 Å². The van der Waals surface area contributed by atoms with E-state index in [2.05, 4.69) is 5.32 Å². The molecule has 0 atom stereocenters. The third-order valence-corrected chi connectivity index (χ3v) is 5.51. The molecule has 1 aliphatic heterocycles. The van der Waals surface area contributed by atoms with E-state index in [0.717, 1.165) is 22.3 Å². The van der Waals surface area contributed by atoms with Gasteiger partial charge in [-0.1, -0.05) is 60.7 Å². The molecule has 0 saturated carbocycles. The Balaban J connectivity index is 1.79. The smallest absolute Gasteiger partial charge is 0.278 e. The largest absolute Gasteiger partial charge is 0.495 e. The number of imide groups is 1. The van der Waals surface area contributed by atoms with Crippen LogP contribution in [-0.4, -0.2) is 23.8 Å². The van der Waals surface area contributed by atoms with Crippen LogP contribution in [0, 0.1) is 13.8 Å². The van der Waals surface area contributed by atoms with E-state index in [1.54, 1.807) is 7.11 Å². The molecule has 1 aliphatic rings. The number of ether oxygens (including phenoxy) is 1. The summed E-state index contributed by atoms with van der Waals surface area (Å²) in [6.45, 7) is 4.23. The number of hydrogen-bond donors (Lipinski definition) is 1. The number of nitrogens with one attached hydrogen (secondary N) is 1. The van der Waals surface area contributed by atoms with Gasteiger partial charge in [0.1, 0.15) is 11.4 Å². The lowest BCUT2D eigenvalue weighted by Gasteiger charge is -2.16. The van der Waals surface area contributed by atoms with Crippen molar-refractivity contribution in [2.24, 2.45) is 0 Å². The number of nitrogens with zero attached hydrogens (tertiary/aromatic N) is 1. The molecule has 0 fully saturated rings. The number of amides is 2. The number of hydrogen-bond acceptors (Lipinski definition) is 4. The number of anilines is 1. The van der Waals surface area contributed by atoms with Crippen LogP contribution in [0.2, 0.25) is 0 Å². The van der Waals surface area contributed by atoms with Gasteiger partial charge in [0.2, 0.25) is 0 Å². The van der Waals surface area contributed by atoms with Crippen molar-refractivity contribution in [3.63, 3.8) is 0 Å². The van der Waals surface area contributed by atoms with Gasteiger partial charge in [0.15, 0.2) is 0 Å². The first-order valence-corrected chi connectivity index (χ1v) is 10.1. The van der Waals surface area contributed by atoms with Crippen molar-refractivity contribution in [2.75, 3.05) is 12.4 Å². The Hall–Kier alpha value is -3.86. The summed E-state index contributed by atoms with van der Waals surface area (Å²) < 4.78 is 5.42. The Morgan fingerprint density at radius 2 is 1.55 bits per heavy atom. The number of para-hydroxylation sites is 2. The van der Waals surface area contributed by atoms with Crippen LogP contribution in [0.25, 0.3) is 5.57 Å². The average Bonchev–Trinajstić information content (AvgIpc) is 3.01. The summed E-state index contributed by atoms with van der Waals surface area (Å²) >= 11 is 0. The number of rotatable bonds is 6. The highest BCUT2D eigenvalue weighted by molar-refractivity contribution is 6.36. The first-order valence-electron chi connectivity index (χ1n) is 10.1. The molecule has 0 aromatic heterocycles. The van der Waals surface area contributed by atoms with Crippen LogP contribution in [0.5, 0.6) is 5.75 Å². The predicted molar refractivity (Wildman–Crippen MR) is 121 cm³/mol. The maximum Gasteiger partial charge on any atom is 0.278 e. The predicted octanol–water partition coefficient (Wildman–Crippen LogP) is 4.70. The van der Waals surface area contributed by atoms with E-state index in [4.69, 9.17) is 4.74 Å². The molecule has 31 heavy (non-hydrogen) atoms. The average molecular weight is 412 g/mol. The van der Waals surface area contributed by atoms with Crippen molar-refractivity contribution >= 4 is 23.1 Å². The highest BCUT2D eigenvalue weighted by Gasteiger charge is 2.39. The van der Waals surface area contributed by atoms with Crippen LogP contribution < -0.4 is 10.1 Å². The zero-order valence-corrected chi connectivity index (χ0v) is 17.8. The number of carbonyl (C=O) groups excluding carboxylic acids is 2. The highest BCUT2D eigenvalue weighted by atomic mass is 16.5. The Bertz CT molecular complexity index is 1180. The van der Waals surface area contributed by atoms with Crippen LogP contribution in [0.3, 0.4) is 0 Å². The standard InChI is InChI=1S/C26H24N2O3/c1-17-13-14-20(15-18(17)2)23-24(27-21-11-7-8-12-22(21)31-3)26(30)28(25(23)29)16-19-9-5-4-6-10-19/h4-15,27H,16H2,1-3H3. The SMILES string of the molecule is COc1ccccc1NC1=C(c2ccc(C)c(C)c2)C(=O)N(Cc2ccccc2)C1=O. The number of methoxy groups -OCH3 is 1. The van der Waals surface area contributed by atoms with Crippen LogP contribution in [-0.2, 0) is 16.1 Å². The normalized spacial score (nSPS) is 13.7. The van der Waals surface area contributed by atoms with Crippen molar-refractivity contribution < 1.29 is 14.3 Å². The second-order valence-corrected chi connectivity index (χ2v) is 7.56. The minimum absolute atomic E-state index is 0.212. The quantitative estimate of drug-likeness (QED) is 0.596. The van der Waals surface area contributed by atoms with E-state index in [1.807, 2.05) is 86.6 Å². The minimum atomic E-state index is -0.354. The molecular formula is C26H24N2O3. The van der Waals surface area contributed by atoms with Gasteiger partial charge in [-0.25, -0.2) is 0 Å². The van der Waals surface area contributed by atoms with Gasteiger partial charge in [-0.05, 0) is 48.2 Å². The third kappa shape index (κ3) is 3.94. The highest BCUT2D eigenvalue weighted by Crippen LogP contribution is 2.34. The summed E-state index contributed by atoms with van der Waals surface area (Å²) in [5.74, 6) is -0.0707. The van der Waals surface area contributed by atoms with Gasteiger partial charge in [0.25, 0.3) is 11.8 Å². The van der Waals surface area contributed by atoms with Crippen molar-refractivity contribution in [3.05, 3.63) is 101 Å². The summed E-state index contributed by atoms with van der Waals surface area (Å²) in [4.78, 5) is 28.1. The fraction of sp³-hybridized carbons (Fsp3) is 0.154. The third-order valence-electron chi connectivity index (χ3n) is 5.51. The molecule has 0 saturated heterocycles. The van der Waals surface area contributed by atoms with Crippen molar-refractivity contribution in [1.82, 2.24) is 4.90 Å². The number of carbonyl (C=O) groups is 2. The fourth-order valence-electron chi connectivity index (χ4n) is 3.65. The summed E-state index contributed by atoms with van der Waals surface area (Å²) in [5, 5.41) is 3.18. The monoisotopic (exact) mass is 412 g/mol. The Morgan fingerprint density at radius 1 is 0.839 bits per heavy atom.